The molecule has 0 aliphatic heterocycles. The molecule has 0 saturated carbocycles. The molecule has 3 aromatic heterocycles. The van der Waals surface area contributed by atoms with Crippen LogP contribution in [0.3, 0.4) is 0 Å². The van der Waals surface area contributed by atoms with E-state index in [4.69, 9.17) is 0 Å². The second-order valence-corrected chi connectivity index (χ2v) is 22.0. The Morgan fingerprint density at radius 2 is 0.585 bits per heavy atom. The number of benzene rings is 9. The molecule has 0 amide bonds. The van der Waals surface area contributed by atoms with Gasteiger partial charge >= 0.3 is 43.2 Å². The molecule has 94 heavy (non-hydrogen) atoms. The lowest BCUT2D eigenvalue weighted by Gasteiger charge is -2.20. The molecule has 0 aliphatic rings. The van der Waals surface area contributed by atoms with Crippen LogP contribution in [0, 0.1) is 25.2 Å². The van der Waals surface area contributed by atoms with Crippen LogP contribution in [-0.2, 0) is 43.2 Å². The predicted octanol–water partition coefficient (Wildman–Crippen LogP) is 23.2. The van der Waals surface area contributed by atoms with Gasteiger partial charge in [-0.2, -0.15) is 97.5 Å². The highest BCUT2D eigenvalue weighted by molar-refractivity contribution is 6.13. The van der Waals surface area contributed by atoms with E-state index in [0.717, 1.165) is 54.6 Å². The van der Waals surface area contributed by atoms with Gasteiger partial charge in [0.15, 0.2) is 0 Å². The summed E-state index contributed by atoms with van der Waals surface area (Å²) in [6.45, 7) is 3.16. The Hall–Kier alpha value is -10.3. The highest BCUT2D eigenvalue weighted by atomic mass is 19.4. The zero-order chi connectivity index (χ0) is 67.9. The fourth-order valence-electron chi connectivity index (χ4n) is 12.1. The van der Waals surface area contributed by atoms with E-state index < -0.39 is 121 Å². The zero-order valence-electron chi connectivity index (χ0n) is 47.5. The summed E-state index contributed by atoms with van der Waals surface area (Å²) in [7, 11) is 0. The third-order valence-corrected chi connectivity index (χ3v) is 16.1. The molecule has 0 bridgehead atoms. The van der Waals surface area contributed by atoms with Gasteiger partial charge in [0.2, 0.25) is 0 Å². The molecule has 12 aromatic rings. The Balaban J connectivity index is 1.26. The van der Waals surface area contributed by atoms with E-state index in [2.05, 4.69) is 11.1 Å². The zero-order valence-corrected chi connectivity index (χ0v) is 47.5. The van der Waals surface area contributed by atoms with Crippen LogP contribution in [0.25, 0.3) is 111 Å². The van der Waals surface area contributed by atoms with Crippen molar-refractivity contribution >= 4 is 43.6 Å². The summed E-state index contributed by atoms with van der Waals surface area (Å²) in [4.78, 5) is 4.44. The van der Waals surface area contributed by atoms with Crippen LogP contribution in [0.4, 0.5) is 92.2 Å². The van der Waals surface area contributed by atoms with Gasteiger partial charge in [0.1, 0.15) is 11.6 Å². The summed E-state index contributed by atoms with van der Waals surface area (Å²) in [6.07, 6.45) is -37.2. The van der Waals surface area contributed by atoms with Crippen LogP contribution in [-0.4, -0.2) is 14.1 Å². The smallest absolute Gasteiger partial charge is 0.308 e. The van der Waals surface area contributed by atoms with Crippen LogP contribution in [0.2, 0.25) is 0 Å². The lowest BCUT2D eigenvalue weighted by Crippen LogP contribution is -2.12. The Labute approximate surface area is 515 Å². The van der Waals surface area contributed by atoms with E-state index in [0.29, 0.717) is 47.8 Å². The number of halogens is 21. The van der Waals surface area contributed by atoms with Crippen molar-refractivity contribution in [2.45, 2.75) is 57.1 Å². The van der Waals surface area contributed by atoms with Crippen molar-refractivity contribution in [1.29, 1.82) is 5.26 Å². The number of rotatable bonds is 7. The first-order valence-corrected chi connectivity index (χ1v) is 27.5. The number of nitrogens with zero attached hydrogens (tertiary/aromatic N) is 4. The molecule has 0 radical (unpaired) electrons. The second-order valence-electron chi connectivity index (χ2n) is 22.0. The van der Waals surface area contributed by atoms with Crippen LogP contribution in [0.15, 0.2) is 176 Å². The van der Waals surface area contributed by atoms with Crippen molar-refractivity contribution in [2.24, 2.45) is 0 Å². The molecular formula is C69H35F21N4. The number of fused-ring (bicyclic) bond motifs is 6. The molecule has 0 fully saturated rings. The highest BCUT2D eigenvalue weighted by Gasteiger charge is 2.42. The number of aryl methyl sites for hydroxylation is 2. The third kappa shape index (κ3) is 11.5. The van der Waals surface area contributed by atoms with Crippen LogP contribution < -0.4 is 0 Å². The summed E-state index contributed by atoms with van der Waals surface area (Å²) >= 11 is 0. The quantitative estimate of drug-likeness (QED) is 0.149. The average molecular weight is 1320 g/mol. The molecule has 3 heterocycles. The lowest BCUT2D eigenvalue weighted by atomic mass is 9.95. The highest BCUT2D eigenvalue weighted by Crippen LogP contribution is 2.50. The van der Waals surface area contributed by atoms with Crippen molar-refractivity contribution in [3.05, 3.63) is 232 Å². The van der Waals surface area contributed by atoms with Crippen molar-refractivity contribution in [3.8, 4) is 73.1 Å². The maximum atomic E-state index is 15.0. The predicted molar refractivity (Wildman–Crippen MR) is 309 cm³/mol. The molecular weight excluding hydrogens is 1280 g/mol. The second kappa shape index (κ2) is 21.9. The van der Waals surface area contributed by atoms with E-state index in [1.165, 1.54) is 75.9 Å². The van der Waals surface area contributed by atoms with Crippen molar-refractivity contribution in [3.63, 3.8) is 0 Å². The summed E-state index contributed by atoms with van der Waals surface area (Å²) in [5.74, 6) is 0. The number of pyridine rings is 1. The van der Waals surface area contributed by atoms with Gasteiger partial charge in [0.25, 0.3) is 0 Å². The molecule has 0 unspecified atom stereocenters. The van der Waals surface area contributed by atoms with Gasteiger partial charge in [-0.15, -0.1) is 0 Å². The van der Waals surface area contributed by atoms with Crippen LogP contribution in [0.5, 0.6) is 0 Å². The molecule has 25 heteroatoms. The normalized spacial score (nSPS) is 13.0. The first kappa shape index (κ1) is 63.9. The summed E-state index contributed by atoms with van der Waals surface area (Å²) in [5, 5.41) is 12.2. The summed E-state index contributed by atoms with van der Waals surface area (Å²) in [6, 6.07) is 28.9. The van der Waals surface area contributed by atoms with Gasteiger partial charge in [-0.25, -0.2) is 0 Å². The van der Waals surface area contributed by atoms with E-state index in [1.54, 1.807) is 13.8 Å². The molecule has 0 spiro atoms. The number of aromatic nitrogens is 3. The van der Waals surface area contributed by atoms with Gasteiger partial charge in [-0.3, -0.25) is 4.98 Å². The SMILES string of the molecule is Cc1cc(-c2cc(-n3c4cc(-c5ccccc5C(F)(F)F)ccc4c4ccc(-c5ccc(C(F)(F)F)cc5C(F)(F)F)cc43)c(C#N)c(-n3c4cc(-c5ccc(C(F)(F)F)cc5C(F)(F)F)ccc4c4ccc(-c5ccc(C(F)(F)F)cc5C(F)(F)F)cc43)c2)cc(C)n1. The maximum Gasteiger partial charge on any atom is 0.417 e. The largest absolute Gasteiger partial charge is 0.417 e. The first-order chi connectivity index (χ1) is 43.8. The van der Waals surface area contributed by atoms with E-state index in [9.17, 15) is 57.9 Å². The Morgan fingerprint density at radius 3 is 0.872 bits per heavy atom. The fraction of sp³-hybridized carbons (Fsp3) is 0.130. The van der Waals surface area contributed by atoms with E-state index in [-0.39, 0.29) is 95.4 Å². The number of nitriles is 1. The average Bonchev–Trinajstić information content (AvgIpc) is 1.56. The molecule has 0 aliphatic carbocycles. The Morgan fingerprint density at radius 1 is 0.298 bits per heavy atom. The van der Waals surface area contributed by atoms with Gasteiger partial charge in [-0.05, 0) is 160 Å². The third-order valence-electron chi connectivity index (χ3n) is 16.1. The minimum Gasteiger partial charge on any atom is -0.308 e. The van der Waals surface area contributed by atoms with Gasteiger partial charge in [0, 0.05) is 32.9 Å². The maximum absolute atomic E-state index is 15.0. The molecule has 478 valence electrons. The minimum absolute atomic E-state index is 0.0344. The number of hydrogen-bond donors (Lipinski definition) is 0. The molecule has 0 N–H and O–H groups in total. The van der Waals surface area contributed by atoms with Gasteiger partial charge < -0.3 is 9.13 Å². The molecule has 12 rings (SSSR count). The topological polar surface area (TPSA) is 46.5 Å². The van der Waals surface area contributed by atoms with Crippen molar-refractivity contribution in [2.75, 3.05) is 0 Å². The number of hydrogen-bond acceptors (Lipinski definition) is 2. The first-order valence-electron chi connectivity index (χ1n) is 27.5. The molecule has 0 saturated heterocycles. The standard InChI is InChI=1S/C69H35F21N4/c1-33-21-39(22-34(2)92-33)40-27-61(93-57-23-35(44-5-3-4-6-53(44)66(79,80)81)7-14-48(57)49-15-8-36(24-58(49)93)45-18-11-41(63(70,71)72)29-54(45)67(82,83)84)52(32-91)62(28-40)94-59-25-37(46-19-12-42(64(73,74)75)30-55(46)68(85,86)87)9-16-50(59)51-17-10-38(26-60(51)94)47-20-13-43(65(76,77)78)31-56(47)69(88,89)90/h3-31H,1-2H3. The lowest BCUT2D eigenvalue weighted by molar-refractivity contribution is -0.144. The van der Waals surface area contributed by atoms with E-state index in [1.807, 2.05) is 0 Å². The van der Waals surface area contributed by atoms with Gasteiger partial charge in [0.05, 0.1) is 72.4 Å². The summed E-state index contributed by atoms with van der Waals surface area (Å²) in [5.41, 5.74) is -16.5. The van der Waals surface area contributed by atoms with Crippen molar-refractivity contribution < 1.29 is 92.2 Å². The molecule has 9 aromatic carbocycles. The Kier molecular flexibility index (Phi) is 14.9. The molecule has 0 atom stereocenters. The van der Waals surface area contributed by atoms with Gasteiger partial charge in [-0.1, -0.05) is 84.9 Å². The molecule has 4 nitrogen and oxygen atoms in total. The number of alkyl halides is 21. The fourth-order valence-corrected chi connectivity index (χ4v) is 12.1. The minimum atomic E-state index is -5.47. The monoisotopic (exact) mass is 1320 g/mol. The van der Waals surface area contributed by atoms with Crippen molar-refractivity contribution in [1.82, 2.24) is 14.1 Å². The summed E-state index contributed by atoms with van der Waals surface area (Å²) < 4.78 is 309. The van der Waals surface area contributed by atoms with E-state index >= 15 is 39.5 Å². The van der Waals surface area contributed by atoms with Crippen LogP contribution in [0.1, 0.15) is 55.9 Å². The van der Waals surface area contributed by atoms with Crippen LogP contribution >= 0.6 is 0 Å². The Bertz CT molecular complexity index is 4980.